The zero-order valence-corrected chi connectivity index (χ0v) is 18.8. The number of hydrogen-bond donors (Lipinski definition) is 3. The van der Waals surface area contributed by atoms with E-state index in [0.29, 0.717) is 23.1 Å². The number of aromatic hydroxyl groups is 1. The predicted octanol–water partition coefficient (Wildman–Crippen LogP) is 4.51. The summed E-state index contributed by atoms with van der Waals surface area (Å²) in [5.74, 6) is -0.0137. The van der Waals surface area contributed by atoms with Crippen LogP contribution in [0.3, 0.4) is 0 Å². The van der Waals surface area contributed by atoms with Gasteiger partial charge in [0.05, 0.1) is 30.0 Å². The molecule has 3 aromatic rings. The number of amides is 1. The Labute approximate surface area is 190 Å². The van der Waals surface area contributed by atoms with Gasteiger partial charge in [-0.25, -0.2) is 8.42 Å². The van der Waals surface area contributed by atoms with Crippen LogP contribution in [-0.4, -0.2) is 33.1 Å². The van der Waals surface area contributed by atoms with Gasteiger partial charge < -0.3 is 19.9 Å². The van der Waals surface area contributed by atoms with Crippen LogP contribution in [0.1, 0.15) is 17.3 Å². The highest BCUT2D eigenvalue weighted by molar-refractivity contribution is 7.92. The van der Waals surface area contributed by atoms with E-state index in [1.807, 2.05) is 0 Å². The van der Waals surface area contributed by atoms with E-state index < -0.39 is 15.9 Å². The molecule has 0 heterocycles. The van der Waals surface area contributed by atoms with E-state index in [1.165, 1.54) is 37.4 Å². The van der Waals surface area contributed by atoms with Crippen molar-refractivity contribution in [2.45, 2.75) is 11.8 Å². The number of halogens is 1. The van der Waals surface area contributed by atoms with Gasteiger partial charge in [0.2, 0.25) is 0 Å². The van der Waals surface area contributed by atoms with E-state index in [-0.39, 0.29) is 27.6 Å². The number of carbonyl (C=O) groups excluding carboxylic acids is 1. The van der Waals surface area contributed by atoms with Crippen LogP contribution in [0.4, 0.5) is 11.4 Å². The summed E-state index contributed by atoms with van der Waals surface area (Å²) >= 11 is 5.90. The largest absolute Gasteiger partial charge is 0.506 e. The molecule has 0 spiro atoms. The fourth-order valence-corrected chi connectivity index (χ4v) is 4.09. The molecule has 0 aliphatic rings. The monoisotopic (exact) mass is 476 g/mol. The molecule has 10 heteroatoms. The van der Waals surface area contributed by atoms with Gasteiger partial charge in [0.25, 0.3) is 15.9 Å². The number of nitrogens with one attached hydrogen (secondary N) is 2. The minimum Gasteiger partial charge on any atom is -0.506 e. The van der Waals surface area contributed by atoms with Crippen LogP contribution < -0.4 is 19.5 Å². The third kappa shape index (κ3) is 5.43. The Balaban J connectivity index is 1.86. The summed E-state index contributed by atoms with van der Waals surface area (Å²) in [5.41, 5.74) is 0.439. The highest BCUT2D eigenvalue weighted by atomic mass is 35.5. The van der Waals surface area contributed by atoms with Crippen molar-refractivity contribution in [2.75, 3.05) is 23.8 Å². The molecule has 3 N–H and O–H groups in total. The lowest BCUT2D eigenvalue weighted by molar-refractivity contribution is 0.102. The van der Waals surface area contributed by atoms with Crippen molar-refractivity contribution in [1.29, 1.82) is 0 Å². The molecule has 0 fully saturated rings. The average molecular weight is 477 g/mol. The summed E-state index contributed by atoms with van der Waals surface area (Å²) in [6, 6.07) is 14.4. The number of methoxy groups -OCH3 is 1. The fourth-order valence-electron chi connectivity index (χ4n) is 2.83. The zero-order chi connectivity index (χ0) is 23.3. The fraction of sp³-hybridized carbons (Fsp3) is 0.136. The van der Waals surface area contributed by atoms with Crippen LogP contribution in [0.25, 0.3) is 0 Å². The third-order valence-corrected chi connectivity index (χ3v) is 5.94. The summed E-state index contributed by atoms with van der Waals surface area (Å²) in [4.78, 5) is 12.6. The number of ether oxygens (including phenoxy) is 2. The first-order valence-corrected chi connectivity index (χ1v) is 11.3. The molecular weight excluding hydrogens is 456 g/mol. The van der Waals surface area contributed by atoms with Crippen LogP contribution in [-0.2, 0) is 10.0 Å². The molecule has 32 heavy (non-hydrogen) atoms. The van der Waals surface area contributed by atoms with Crippen molar-refractivity contribution in [3.63, 3.8) is 0 Å². The number of rotatable bonds is 8. The number of phenols is 1. The van der Waals surface area contributed by atoms with Crippen LogP contribution in [0.2, 0.25) is 5.02 Å². The smallest absolute Gasteiger partial charge is 0.261 e. The Bertz CT molecular complexity index is 1250. The topological polar surface area (TPSA) is 114 Å². The van der Waals surface area contributed by atoms with Crippen molar-refractivity contribution in [3.05, 3.63) is 71.2 Å². The van der Waals surface area contributed by atoms with E-state index in [1.54, 1.807) is 31.2 Å². The van der Waals surface area contributed by atoms with Gasteiger partial charge in [0.15, 0.2) is 11.5 Å². The second-order valence-electron chi connectivity index (χ2n) is 6.55. The maximum Gasteiger partial charge on any atom is 0.261 e. The van der Waals surface area contributed by atoms with Gasteiger partial charge in [-0.15, -0.1) is 0 Å². The van der Waals surface area contributed by atoms with E-state index in [4.69, 9.17) is 21.1 Å². The predicted molar refractivity (Wildman–Crippen MR) is 122 cm³/mol. The minimum absolute atomic E-state index is 0.0715. The number of sulfonamides is 1. The van der Waals surface area contributed by atoms with Crippen molar-refractivity contribution < 1.29 is 27.8 Å². The van der Waals surface area contributed by atoms with Crippen LogP contribution in [0, 0.1) is 0 Å². The molecule has 0 aliphatic carbocycles. The standard InChI is InChI=1S/C22H21ClN2O6S/c1-3-31-21-11-14(7-10-20(21)30-2)22(27)24-18-13-17(8-9-19(18)26)32(28,29)25-16-6-4-5-15(23)12-16/h4-13,25-26H,3H2,1-2H3,(H,24,27). The summed E-state index contributed by atoms with van der Waals surface area (Å²) in [6.45, 7) is 2.18. The molecule has 0 saturated carbocycles. The maximum atomic E-state index is 12.7. The van der Waals surface area contributed by atoms with Crippen LogP contribution >= 0.6 is 11.6 Å². The lowest BCUT2D eigenvalue weighted by atomic mass is 10.1. The van der Waals surface area contributed by atoms with E-state index in [9.17, 15) is 18.3 Å². The Morgan fingerprint density at radius 2 is 1.84 bits per heavy atom. The molecule has 168 valence electrons. The van der Waals surface area contributed by atoms with E-state index in [0.717, 1.165) is 6.07 Å². The Kier molecular flexibility index (Phi) is 7.12. The maximum absolute atomic E-state index is 12.7. The average Bonchev–Trinajstić information content (AvgIpc) is 2.75. The molecule has 8 nitrogen and oxygen atoms in total. The summed E-state index contributed by atoms with van der Waals surface area (Å²) in [6.07, 6.45) is 0. The number of anilines is 2. The Hall–Kier alpha value is -3.43. The van der Waals surface area contributed by atoms with Crippen LogP contribution in [0.5, 0.6) is 17.2 Å². The first-order chi connectivity index (χ1) is 15.2. The molecule has 0 atom stereocenters. The van der Waals surface area contributed by atoms with Gasteiger partial charge in [-0.05, 0) is 61.5 Å². The third-order valence-electron chi connectivity index (χ3n) is 4.33. The molecule has 0 aromatic heterocycles. The molecular formula is C22H21ClN2O6S. The Morgan fingerprint density at radius 3 is 2.53 bits per heavy atom. The minimum atomic E-state index is -4.00. The molecule has 3 rings (SSSR count). The normalized spacial score (nSPS) is 11.0. The summed E-state index contributed by atoms with van der Waals surface area (Å²) < 4.78 is 38.6. The first-order valence-electron chi connectivity index (χ1n) is 9.47. The molecule has 0 saturated heterocycles. The van der Waals surface area contributed by atoms with Crippen molar-refractivity contribution in [2.24, 2.45) is 0 Å². The SMILES string of the molecule is CCOc1cc(C(=O)Nc2cc(S(=O)(=O)Nc3cccc(Cl)c3)ccc2O)ccc1OC. The second kappa shape index (κ2) is 9.80. The number of phenolic OH excluding ortho intramolecular Hbond substituents is 1. The number of benzene rings is 3. The van der Waals surface area contributed by atoms with Gasteiger partial charge in [-0.2, -0.15) is 0 Å². The molecule has 0 aliphatic heterocycles. The van der Waals surface area contributed by atoms with E-state index in [2.05, 4.69) is 10.0 Å². The van der Waals surface area contributed by atoms with Gasteiger partial charge in [-0.3, -0.25) is 9.52 Å². The van der Waals surface area contributed by atoms with Crippen molar-refractivity contribution >= 4 is 38.9 Å². The highest BCUT2D eigenvalue weighted by Gasteiger charge is 2.19. The van der Waals surface area contributed by atoms with Gasteiger partial charge in [0, 0.05) is 10.6 Å². The molecule has 3 aromatic carbocycles. The zero-order valence-electron chi connectivity index (χ0n) is 17.3. The van der Waals surface area contributed by atoms with E-state index >= 15 is 0 Å². The summed E-state index contributed by atoms with van der Waals surface area (Å²) in [5, 5.41) is 13.0. The van der Waals surface area contributed by atoms with Gasteiger partial charge >= 0.3 is 0 Å². The Morgan fingerprint density at radius 1 is 1.06 bits per heavy atom. The first kappa shape index (κ1) is 23.2. The van der Waals surface area contributed by atoms with Crippen molar-refractivity contribution in [3.8, 4) is 17.2 Å². The highest BCUT2D eigenvalue weighted by Crippen LogP contribution is 2.31. The molecule has 0 bridgehead atoms. The molecule has 0 radical (unpaired) electrons. The van der Waals surface area contributed by atoms with Crippen molar-refractivity contribution in [1.82, 2.24) is 0 Å². The van der Waals surface area contributed by atoms with Gasteiger partial charge in [-0.1, -0.05) is 17.7 Å². The second-order valence-corrected chi connectivity index (χ2v) is 8.67. The number of carbonyl (C=O) groups is 1. The number of hydrogen-bond acceptors (Lipinski definition) is 6. The van der Waals surface area contributed by atoms with Crippen LogP contribution in [0.15, 0.2) is 65.6 Å². The molecule has 1 amide bonds. The lowest BCUT2D eigenvalue weighted by Crippen LogP contribution is -2.15. The summed E-state index contributed by atoms with van der Waals surface area (Å²) in [7, 11) is -2.52. The lowest BCUT2D eigenvalue weighted by Gasteiger charge is -2.13. The quantitative estimate of drug-likeness (QED) is 0.412. The van der Waals surface area contributed by atoms with Gasteiger partial charge in [0.1, 0.15) is 5.75 Å². The molecule has 0 unspecified atom stereocenters.